The molecule has 2 aromatic rings. The van der Waals surface area contributed by atoms with Crippen molar-refractivity contribution < 1.29 is 9.66 Å². The Morgan fingerprint density at radius 2 is 1.85 bits per heavy atom. The maximum Gasteiger partial charge on any atom is 0.272 e. The van der Waals surface area contributed by atoms with E-state index >= 15 is 0 Å². The summed E-state index contributed by atoms with van der Waals surface area (Å²) in [7, 11) is 0. The molecule has 104 valence electrons. The fourth-order valence-corrected chi connectivity index (χ4v) is 2.60. The molecule has 0 aliphatic heterocycles. The number of hydrogen-bond donors (Lipinski definition) is 0. The molecule has 0 amide bonds. The minimum Gasteiger partial charge on any atom is -0.486 e. The SMILES string of the molecule is O=[N+]([O-])c1cc(Cl)c(OCc2cccc(Br)c2)c(Cl)c1. The quantitative estimate of drug-likeness (QED) is 0.541. The summed E-state index contributed by atoms with van der Waals surface area (Å²) in [6.07, 6.45) is 0. The molecule has 0 saturated heterocycles. The number of nitro groups is 1. The van der Waals surface area contributed by atoms with Crippen molar-refractivity contribution in [1.29, 1.82) is 0 Å². The van der Waals surface area contributed by atoms with Crippen LogP contribution in [0.2, 0.25) is 10.0 Å². The maximum absolute atomic E-state index is 10.7. The molecule has 2 rings (SSSR count). The summed E-state index contributed by atoms with van der Waals surface area (Å²) in [6.45, 7) is 0.261. The summed E-state index contributed by atoms with van der Waals surface area (Å²) in [4.78, 5) is 10.1. The molecular formula is C13H8BrCl2NO3. The molecule has 4 nitrogen and oxygen atoms in total. The first kappa shape index (κ1) is 15.1. The van der Waals surface area contributed by atoms with Crippen LogP contribution in [0.4, 0.5) is 5.69 Å². The largest absolute Gasteiger partial charge is 0.486 e. The van der Waals surface area contributed by atoms with Crippen molar-refractivity contribution >= 4 is 44.8 Å². The molecular weight excluding hydrogens is 369 g/mol. The highest BCUT2D eigenvalue weighted by Crippen LogP contribution is 2.37. The lowest BCUT2D eigenvalue weighted by molar-refractivity contribution is -0.384. The fourth-order valence-electron chi connectivity index (χ4n) is 1.57. The molecule has 0 radical (unpaired) electrons. The lowest BCUT2D eigenvalue weighted by Gasteiger charge is -2.10. The van der Waals surface area contributed by atoms with E-state index in [0.717, 1.165) is 10.0 Å². The maximum atomic E-state index is 10.7. The van der Waals surface area contributed by atoms with Gasteiger partial charge in [0.2, 0.25) is 0 Å². The van der Waals surface area contributed by atoms with Gasteiger partial charge in [-0.25, -0.2) is 0 Å². The number of rotatable bonds is 4. The van der Waals surface area contributed by atoms with Crippen molar-refractivity contribution in [3.63, 3.8) is 0 Å². The van der Waals surface area contributed by atoms with Crippen LogP contribution >= 0.6 is 39.1 Å². The number of hydrogen-bond acceptors (Lipinski definition) is 3. The Balaban J connectivity index is 2.20. The highest BCUT2D eigenvalue weighted by atomic mass is 79.9. The smallest absolute Gasteiger partial charge is 0.272 e. The van der Waals surface area contributed by atoms with E-state index in [4.69, 9.17) is 27.9 Å². The Bertz CT molecular complexity index is 641. The first-order chi connectivity index (χ1) is 9.47. The summed E-state index contributed by atoms with van der Waals surface area (Å²) in [6, 6.07) is 9.98. The van der Waals surface area contributed by atoms with Crippen LogP contribution < -0.4 is 4.74 Å². The second-order valence-corrected chi connectivity index (χ2v) is 5.64. The molecule has 0 unspecified atom stereocenters. The van der Waals surface area contributed by atoms with E-state index in [9.17, 15) is 10.1 Å². The molecule has 0 heterocycles. The Morgan fingerprint density at radius 3 is 2.40 bits per heavy atom. The molecule has 0 aliphatic rings. The second kappa shape index (κ2) is 6.43. The van der Waals surface area contributed by atoms with Crippen molar-refractivity contribution in [1.82, 2.24) is 0 Å². The third-order valence-electron chi connectivity index (χ3n) is 2.47. The monoisotopic (exact) mass is 375 g/mol. The Kier molecular flexibility index (Phi) is 4.86. The molecule has 0 fully saturated rings. The van der Waals surface area contributed by atoms with Crippen LogP contribution in [0.15, 0.2) is 40.9 Å². The number of nitro benzene ring substituents is 1. The fraction of sp³-hybridized carbons (Fsp3) is 0.0769. The van der Waals surface area contributed by atoms with Gasteiger partial charge in [0.05, 0.1) is 15.0 Å². The number of halogens is 3. The molecule has 0 aliphatic carbocycles. The highest BCUT2D eigenvalue weighted by Gasteiger charge is 2.15. The van der Waals surface area contributed by atoms with Crippen molar-refractivity contribution in [3.05, 3.63) is 66.6 Å². The van der Waals surface area contributed by atoms with E-state index in [0.29, 0.717) is 0 Å². The van der Waals surface area contributed by atoms with Crippen LogP contribution in [0.3, 0.4) is 0 Å². The third kappa shape index (κ3) is 3.62. The van der Waals surface area contributed by atoms with Gasteiger partial charge < -0.3 is 4.74 Å². The summed E-state index contributed by atoms with van der Waals surface area (Å²) in [5.74, 6) is 0.235. The third-order valence-corrected chi connectivity index (χ3v) is 3.52. The lowest BCUT2D eigenvalue weighted by atomic mass is 10.2. The van der Waals surface area contributed by atoms with Crippen molar-refractivity contribution in [2.75, 3.05) is 0 Å². The minimum absolute atomic E-state index is 0.110. The Morgan fingerprint density at radius 1 is 1.20 bits per heavy atom. The summed E-state index contributed by atoms with van der Waals surface area (Å²) in [5.41, 5.74) is 0.750. The van der Waals surface area contributed by atoms with E-state index in [1.807, 2.05) is 24.3 Å². The Hall–Kier alpha value is -1.30. The molecule has 0 bridgehead atoms. The standard InChI is InChI=1S/C13H8BrCl2NO3/c14-9-3-1-2-8(4-9)7-20-13-11(15)5-10(17(18)19)6-12(13)16/h1-6H,7H2. The summed E-state index contributed by atoms with van der Waals surface area (Å²) in [5, 5.41) is 10.9. The second-order valence-electron chi connectivity index (χ2n) is 3.91. The normalized spacial score (nSPS) is 10.3. The van der Waals surface area contributed by atoms with Gasteiger partial charge in [-0.2, -0.15) is 0 Å². The average molecular weight is 377 g/mol. The van der Waals surface area contributed by atoms with Crippen LogP contribution in [0.5, 0.6) is 5.75 Å². The van der Waals surface area contributed by atoms with Gasteiger partial charge in [-0.3, -0.25) is 10.1 Å². The van der Waals surface area contributed by atoms with E-state index in [1.54, 1.807) is 0 Å². The highest BCUT2D eigenvalue weighted by molar-refractivity contribution is 9.10. The van der Waals surface area contributed by atoms with Crippen LogP contribution in [-0.2, 0) is 6.61 Å². The van der Waals surface area contributed by atoms with E-state index in [-0.39, 0.29) is 28.1 Å². The number of non-ortho nitro benzene ring substituents is 1. The van der Waals surface area contributed by atoms with Crippen molar-refractivity contribution in [2.24, 2.45) is 0 Å². The molecule has 0 saturated carbocycles. The van der Waals surface area contributed by atoms with Crippen LogP contribution in [0.1, 0.15) is 5.56 Å². The van der Waals surface area contributed by atoms with Gasteiger partial charge >= 0.3 is 0 Å². The van der Waals surface area contributed by atoms with Gasteiger partial charge in [0.1, 0.15) is 6.61 Å². The Labute approximate surface area is 133 Å². The van der Waals surface area contributed by atoms with Crippen LogP contribution in [-0.4, -0.2) is 4.92 Å². The van der Waals surface area contributed by atoms with E-state index < -0.39 is 4.92 Å². The van der Waals surface area contributed by atoms with Gasteiger partial charge in [0, 0.05) is 16.6 Å². The first-order valence-electron chi connectivity index (χ1n) is 5.48. The molecule has 7 heteroatoms. The molecule has 0 spiro atoms. The predicted octanol–water partition coefficient (Wildman–Crippen LogP) is 5.24. The zero-order chi connectivity index (χ0) is 14.7. The predicted molar refractivity (Wildman–Crippen MR) is 81.6 cm³/mol. The van der Waals surface area contributed by atoms with Gasteiger partial charge in [-0.1, -0.05) is 51.3 Å². The molecule has 20 heavy (non-hydrogen) atoms. The zero-order valence-corrected chi connectivity index (χ0v) is 13.1. The van der Waals surface area contributed by atoms with E-state index in [2.05, 4.69) is 15.9 Å². The molecule has 0 aromatic heterocycles. The summed E-state index contributed by atoms with van der Waals surface area (Å²) >= 11 is 15.3. The molecule has 2 aromatic carbocycles. The number of ether oxygens (including phenoxy) is 1. The van der Waals surface area contributed by atoms with Gasteiger partial charge in [0.15, 0.2) is 5.75 Å². The van der Waals surface area contributed by atoms with E-state index in [1.165, 1.54) is 12.1 Å². The van der Waals surface area contributed by atoms with Gasteiger partial charge in [-0.15, -0.1) is 0 Å². The lowest BCUT2D eigenvalue weighted by Crippen LogP contribution is -1.97. The van der Waals surface area contributed by atoms with Gasteiger partial charge in [0.25, 0.3) is 5.69 Å². The van der Waals surface area contributed by atoms with Crippen molar-refractivity contribution in [3.8, 4) is 5.75 Å². The molecule has 0 N–H and O–H groups in total. The summed E-state index contributed by atoms with van der Waals surface area (Å²) < 4.78 is 6.47. The minimum atomic E-state index is -0.560. The zero-order valence-electron chi connectivity index (χ0n) is 9.98. The van der Waals surface area contributed by atoms with Crippen molar-refractivity contribution in [2.45, 2.75) is 6.61 Å². The van der Waals surface area contributed by atoms with Gasteiger partial charge in [-0.05, 0) is 17.7 Å². The molecule has 0 atom stereocenters. The number of nitrogens with zero attached hydrogens (tertiary/aromatic N) is 1. The van der Waals surface area contributed by atoms with Crippen LogP contribution in [0.25, 0.3) is 0 Å². The average Bonchev–Trinajstić information content (AvgIpc) is 2.37. The topological polar surface area (TPSA) is 52.4 Å². The first-order valence-corrected chi connectivity index (χ1v) is 7.03. The number of benzene rings is 2. The van der Waals surface area contributed by atoms with Crippen LogP contribution in [0, 0.1) is 10.1 Å².